The normalized spacial score (nSPS) is 10.3. The van der Waals surface area contributed by atoms with E-state index in [9.17, 15) is 0 Å². The highest BCUT2D eigenvalue weighted by atomic mass is 35.5. The van der Waals surface area contributed by atoms with Crippen LogP contribution >= 0.6 is 11.6 Å². The van der Waals surface area contributed by atoms with Crippen molar-refractivity contribution < 1.29 is 0 Å². The van der Waals surface area contributed by atoms with Gasteiger partial charge in [-0.2, -0.15) is 0 Å². The van der Waals surface area contributed by atoms with Gasteiger partial charge in [0.1, 0.15) is 11.0 Å². The van der Waals surface area contributed by atoms with Crippen molar-refractivity contribution in [3.63, 3.8) is 0 Å². The topological polar surface area (TPSA) is 29.0 Å². The molecule has 88 valence electrons. The van der Waals surface area contributed by atoms with E-state index in [0.29, 0.717) is 11.7 Å². The van der Waals surface area contributed by atoms with E-state index < -0.39 is 0 Å². The number of aromatic nitrogens is 2. The third-order valence-electron chi connectivity index (χ3n) is 2.44. The Morgan fingerprint density at radius 1 is 1.18 bits per heavy atom. The third-order valence-corrected chi connectivity index (χ3v) is 2.64. The molecule has 1 aromatic carbocycles. The fraction of sp³-hybridized carbons (Fsp3) is 0.231. The van der Waals surface area contributed by atoms with Crippen LogP contribution < -0.4 is 4.90 Å². The molecule has 3 nitrogen and oxygen atoms in total. The summed E-state index contributed by atoms with van der Waals surface area (Å²) in [6.45, 7) is 2.56. The number of aryl methyl sites for hydroxylation is 1. The second-order valence-corrected chi connectivity index (χ2v) is 4.33. The standard InChI is InChI=1S/C13H14ClN3/c1-10-8-12(14)16-13(15-10)9-17(2)11-6-4-3-5-7-11/h3-8H,9H2,1-2H3. The minimum atomic E-state index is 0.494. The van der Waals surface area contributed by atoms with Gasteiger partial charge in [0.2, 0.25) is 0 Å². The number of anilines is 1. The molecule has 17 heavy (non-hydrogen) atoms. The molecule has 0 aliphatic carbocycles. The first kappa shape index (κ1) is 11.9. The lowest BCUT2D eigenvalue weighted by atomic mass is 10.3. The Morgan fingerprint density at radius 3 is 2.53 bits per heavy atom. The van der Waals surface area contributed by atoms with Crippen LogP contribution in [0.1, 0.15) is 11.5 Å². The van der Waals surface area contributed by atoms with Crippen LogP contribution in [0.25, 0.3) is 0 Å². The van der Waals surface area contributed by atoms with Gasteiger partial charge in [-0.3, -0.25) is 0 Å². The van der Waals surface area contributed by atoms with Crippen LogP contribution in [0.2, 0.25) is 5.15 Å². The molecule has 4 heteroatoms. The zero-order chi connectivity index (χ0) is 12.3. The Balaban J connectivity index is 2.16. The molecule has 0 bridgehead atoms. The Hall–Kier alpha value is -1.61. The smallest absolute Gasteiger partial charge is 0.149 e. The average Bonchev–Trinajstić information content (AvgIpc) is 2.28. The fourth-order valence-electron chi connectivity index (χ4n) is 1.65. The fourth-order valence-corrected chi connectivity index (χ4v) is 1.90. The molecule has 0 saturated heterocycles. The minimum Gasteiger partial charge on any atom is -0.367 e. The molecular formula is C13H14ClN3. The molecule has 0 amide bonds. The van der Waals surface area contributed by atoms with Crippen LogP contribution in [-0.2, 0) is 6.54 Å². The first-order chi connectivity index (χ1) is 8.15. The van der Waals surface area contributed by atoms with Crippen molar-refractivity contribution in [3.8, 4) is 0 Å². The number of hydrogen-bond donors (Lipinski definition) is 0. The van der Waals surface area contributed by atoms with Crippen LogP contribution in [0.15, 0.2) is 36.4 Å². The Labute approximate surface area is 106 Å². The van der Waals surface area contributed by atoms with E-state index in [1.165, 1.54) is 0 Å². The number of rotatable bonds is 3. The number of nitrogens with zero attached hydrogens (tertiary/aromatic N) is 3. The largest absolute Gasteiger partial charge is 0.367 e. The summed E-state index contributed by atoms with van der Waals surface area (Å²) in [5.41, 5.74) is 2.02. The van der Waals surface area contributed by atoms with Crippen molar-refractivity contribution in [3.05, 3.63) is 53.1 Å². The van der Waals surface area contributed by atoms with E-state index in [0.717, 1.165) is 17.2 Å². The average molecular weight is 248 g/mol. The van der Waals surface area contributed by atoms with Gasteiger partial charge in [-0.1, -0.05) is 29.8 Å². The molecular weight excluding hydrogens is 234 g/mol. The van der Waals surface area contributed by atoms with E-state index in [1.54, 1.807) is 6.07 Å². The van der Waals surface area contributed by atoms with Crippen LogP contribution in [0, 0.1) is 6.92 Å². The van der Waals surface area contributed by atoms with E-state index in [-0.39, 0.29) is 0 Å². The number of para-hydroxylation sites is 1. The lowest BCUT2D eigenvalue weighted by Gasteiger charge is -2.18. The minimum absolute atomic E-state index is 0.494. The van der Waals surface area contributed by atoms with Crippen molar-refractivity contribution in [1.82, 2.24) is 9.97 Å². The Morgan fingerprint density at radius 2 is 1.88 bits per heavy atom. The van der Waals surface area contributed by atoms with Gasteiger partial charge in [-0.15, -0.1) is 0 Å². The summed E-state index contributed by atoms with van der Waals surface area (Å²) in [7, 11) is 2.01. The van der Waals surface area contributed by atoms with Gasteiger partial charge >= 0.3 is 0 Å². The second kappa shape index (κ2) is 5.15. The summed E-state index contributed by atoms with van der Waals surface area (Å²) < 4.78 is 0. The molecule has 1 aromatic heterocycles. The molecule has 0 atom stereocenters. The van der Waals surface area contributed by atoms with Crippen molar-refractivity contribution in [1.29, 1.82) is 0 Å². The molecule has 0 N–H and O–H groups in total. The highest BCUT2D eigenvalue weighted by Gasteiger charge is 2.05. The lowest BCUT2D eigenvalue weighted by molar-refractivity contribution is 0.828. The highest BCUT2D eigenvalue weighted by molar-refractivity contribution is 6.29. The molecule has 2 aromatic rings. The molecule has 0 unspecified atom stereocenters. The van der Waals surface area contributed by atoms with Crippen molar-refractivity contribution in [2.24, 2.45) is 0 Å². The maximum absolute atomic E-state index is 5.91. The maximum atomic E-state index is 5.91. The SMILES string of the molecule is Cc1cc(Cl)nc(CN(C)c2ccccc2)n1. The maximum Gasteiger partial charge on any atom is 0.149 e. The predicted octanol–water partition coefficient (Wildman–Crippen LogP) is 3.07. The zero-order valence-corrected chi connectivity index (χ0v) is 10.6. The van der Waals surface area contributed by atoms with Crippen molar-refractivity contribution in [2.45, 2.75) is 13.5 Å². The van der Waals surface area contributed by atoms with Gasteiger partial charge in [0, 0.05) is 18.4 Å². The zero-order valence-electron chi connectivity index (χ0n) is 9.89. The van der Waals surface area contributed by atoms with Crippen LogP contribution in [0.3, 0.4) is 0 Å². The Bertz CT molecular complexity index is 479. The summed E-state index contributed by atoms with van der Waals surface area (Å²) in [4.78, 5) is 10.7. The molecule has 0 saturated carbocycles. The van der Waals surface area contributed by atoms with Gasteiger partial charge < -0.3 is 4.90 Å². The second-order valence-electron chi connectivity index (χ2n) is 3.94. The summed E-state index contributed by atoms with van der Waals surface area (Å²) >= 11 is 5.91. The van der Waals surface area contributed by atoms with Gasteiger partial charge in [0.15, 0.2) is 0 Å². The first-order valence-electron chi connectivity index (χ1n) is 5.41. The molecule has 0 aliphatic heterocycles. The number of hydrogen-bond acceptors (Lipinski definition) is 3. The van der Waals surface area contributed by atoms with Gasteiger partial charge in [-0.05, 0) is 25.1 Å². The summed E-state index contributed by atoms with van der Waals surface area (Å²) in [5.74, 6) is 0.737. The molecule has 0 radical (unpaired) electrons. The molecule has 0 spiro atoms. The Kier molecular flexibility index (Phi) is 3.59. The third kappa shape index (κ3) is 3.17. The summed E-state index contributed by atoms with van der Waals surface area (Å²) in [5, 5.41) is 0.494. The lowest BCUT2D eigenvalue weighted by Crippen LogP contribution is -2.18. The van der Waals surface area contributed by atoms with Crippen LogP contribution in [0.4, 0.5) is 5.69 Å². The number of benzene rings is 1. The molecule has 0 aliphatic rings. The van der Waals surface area contributed by atoms with E-state index >= 15 is 0 Å². The van der Waals surface area contributed by atoms with Gasteiger partial charge in [-0.25, -0.2) is 9.97 Å². The van der Waals surface area contributed by atoms with Crippen molar-refractivity contribution >= 4 is 17.3 Å². The highest BCUT2D eigenvalue weighted by Crippen LogP contribution is 2.14. The van der Waals surface area contributed by atoms with Crippen LogP contribution in [0.5, 0.6) is 0 Å². The predicted molar refractivity (Wildman–Crippen MR) is 70.3 cm³/mol. The van der Waals surface area contributed by atoms with Gasteiger partial charge in [0.05, 0.1) is 6.54 Å². The van der Waals surface area contributed by atoms with E-state index in [2.05, 4.69) is 27.0 Å². The summed E-state index contributed by atoms with van der Waals surface area (Å²) in [6, 6.07) is 11.9. The van der Waals surface area contributed by atoms with E-state index in [4.69, 9.17) is 11.6 Å². The molecule has 2 rings (SSSR count). The van der Waals surface area contributed by atoms with E-state index in [1.807, 2.05) is 32.2 Å². The van der Waals surface area contributed by atoms with Crippen LogP contribution in [-0.4, -0.2) is 17.0 Å². The first-order valence-corrected chi connectivity index (χ1v) is 5.79. The van der Waals surface area contributed by atoms with Gasteiger partial charge in [0.25, 0.3) is 0 Å². The summed E-state index contributed by atoms with van der Waals surface area (Å²) in [6.07, 6.45) is 0. The van der Waals surface area contributed by atoms with Crippen molar-refractivity contribution in [2.75, 3.05) is 11.9 Å². The number of halogens is 1. The quantitative estimate of drug-likeness (QED) is 0.781. The molecule has 0 fully saturated rings. The molecule has 1 heterocycles. The monoisotopic (exact) mass is 247 g/mol.